The zero-order valence-corrected chi connectivity index (χ0v) is 9.82. The van der Waals surface area contributed by atoms with Gasteiger partial charge in [-0.25, -0.2) is 4.39 Å². The van der Waals surface area contributed by atoms with Gasteiger partial charge in [-0.05, 0) is 37.0 Å². The highest BCUT2D eigenvalue weighted by atomic mass is 19.1. The average Bonchev–Trinajstić information content (AvgIpc) is 2.81. The summed E-state index contributed by atoms with van der Waals surface area (Å²) in [4.78, 5) is 0. The van der Waals surface area contributed by atoms with E-state index in [4.69, 9.17) is 11.0 Å². The monoisotopic (exact) mass is 232 g/mol. The smallest absolute Gasteiger partial charge is 0.123 e. The maximum atomic E-state index is 12.8. The highest BCUT2D eigenvalue weighted by molar-refractivity contribution is 5.20. The molecule has 1 aromatic rings. The molecular formula is C14H17FN2. The van der Waals surface area contributed by atoms with E-state index in [1.54, 1.807) is 12.1 Å². The van der Waals surface area contributed by atoms with E-state index in [0.717, 1.165) is 37.7 Å². The number of nitrogens with zero attached hydrogens (tertiary/aromatic N) is 1. The van der Waals surface area contributed by atoms with Gasteiger partial charge in [-0.3, -0.25) is 0 Å². The van der Waals surface area contributed by atoms with Crippen molar-refractivity contribution in [3.8, 4) is 6.07 Å². The van der Waals surface area contributed by atoms with Crippen LogP contribution in [0.5, 0.6) is 0 Å². The lowest BCUT2D eigenvalue weighted by molar-refractivity contribution is 0.264. The predicted molar refractivity (Wildman–Crippen MR) is 64.6 cm³/mol. The maximum absolute atomic E-state index is 12.8. The zero-order valence-electron chi connectivity index (χ0n) is 9.82. The van der Waals surface area contributed by atoms with Crippen LogP contribution in [0.3, 0.4) is 0 Å². The van der Waals surface area contributed by atoms with E-state index >= 15 is 0 Å². The Morgan fingerprint density at radius 2 is 1.88 bits per heavy atom. The molecule has 2 nitrogen and oxygen atoms in total. The fourth-order valence-corrected chi connectivity index (χ4v) is 2.82. The lowest BCUT2D eigenvalue weighted by atomic mass is 9.74. The van der Waals surface area contributed by atoms with E-state index in [1.807, 2.05) is 0 Å². The molecule has 1 fully saturated rings. The van der Waals surface area contributed by atoms with E-state index in [1.165, 1.54) is 12.1 Å². The van der Waals surface area contributed by atoms with Gasteiger partial charge in [0.15, 0.2) is 0 Å². The van der Waals surface area contributed by atoms with E-state index in [9.17, 15) is 4.39 Å². The van der Waals surface area contributed by atoms with Crippen molar-refractivity contribution in [1.29, 1.82) is 5.26 Å². The second kappa shape index (κ2) is 4.85. The van der Waals surface area contributed by atoms with Crippen LogP contribution in [-0.4, -0.2) is 6.04 Å². The summed E-state index contributed by atoms with van der Waals surface area (Å²) in [7, 11) is 0. The molecule has 2 rings (SSSR count). The molecular weight excluding hydrogens is 215 g/mol. The number of halogens is 1. The minimum absolute atomic E-state index is 0.105. The molecule has 0 aromatic heterocycles. The third-order valence-electron chi connectivity index (χ3n) is 3.87. The molecule has 1 saturated carbocycles. The van der Waals surface area contributed by atoms with Crippen molar-refractivity contribution >= 4 is 0 Å². The van der Waals surface area contributed by atoms with Crippen molar-refractivity contribution in [2.45, 2.75) is 38.1 Å². The van der Waals surface area contributed by atoms with E-state index in [2.05, 4.69) is 6.07 Å². The molecule has 0 radical (unpaired) electrons. The van der Waals surface area contributed by atoms with Gasteiger partial charge in [0.2, 0.25) is 0 Å². The van der Waals surface area contributed by atoms with Crippen molar-refractivity contribution in [3.63, 3.8) is 0 Å². The quantitative estimate of drug-likeness (QED) is 0.871. The van der Waals surface area contributed by atoms with Gasteiger partial charge in [0.05, 0.1) is 12.1 Å². The van der Waals surface area contributed by atoms with E-state index < -0.39 is 6.04 Å². The van der Waals surface area contributed by atoms with Gasteiger partial charge in [-0.15, -0.1) is 0 Å². The Morgan fingerprint density at radius 1 is 1.29 bits per heavy atom. The first-order valence-electron chi connectivity index (χ1n) is 6.06. The number of nitrogens with two attached hydrogens (primary N) is 1. The molecule has 0 saturated heterocycles. The first-order valence-corrected chi connectivity index (χ1v) is 6.06. The molecule has 1 atom stereocenters. The van der Waals surface area contributed by atoms with Crippen LogP contribution in [0.4, 0.5) is 4.39 Å². The van der Waals surface area contributed by atoms with Crippen LogP contribution in [-0.2, 0) is 6.42 Å². The fourth-order valence-electron chi connectivity index (χ4n) is 2.82. The molecule has 0 bridgehead atoms. The van der Waals surface area contributed by atoms with Gasteiger partial charge in [0, 0.05) is 5.41 Å². The summed E-state index contributed by atoms with van der Waals surface area (Å²) in [6, 6.07) is 8.28. The summed E-state index contributed by atoms with van der Waals surface area (Å²) in [5.74, 6) is -0.223. The Morgan fingerprint density at radius 3 is 2.41 bits per heavy atom. The number of hydrogen-bond donors (Lipinski definition) is 1. The topological polar surface area (TPSA) is 49.8 Å². The summed E-state index contributed by atoms with van der Waals surface area (Å²) >= 11 is 0. The van der Waals surface area contributed by atoms with Crippen molar-refractivity contribution < 1.29 is 4.39 Å². The normalized spacial score (nSPS) is 19.8. The van der Waals surface area contributed by atoms with Crippen molar-refractivity contribution in [2.24, 2.45) is 11.1 Å². The third kappa shape index (κ3) is 2.48. The summed E-state index contributed by atoms with van der Waals surface area (Å²) in [5, 5.41) is 9.05. The van der Waals surface area contributed by atoms with Gasteiger partial charge in [0.1, 0.15) is 5.82 Å². The molecule has 1 aromatic carbocycles. The Balaban J connectivity index is 2.19. The van der Waals surface area contributed by atoms with Gasteiger partial charge in [0.25, 0.3) is 0 Å². The molecule has 0 amide bonds. The van der Waals surface area contributed by atoms with Crippen LogP contribution in [0.1, 0.15) is 31.2 Å². The number of benzene rings is 1. The number of nitriles is 1. The van der Waals surface area contributed by atoms with Crippen molar-refractivity contribution in [2.75, 3.05) is 0 Å². The maximum Gasteiger partial charge on any atom is 0.123 e. The van der Waals surface area contributed by atoms with Gasteiger partial charge in [-0.1, -0.05) is 25.0 Å². The van der Waals surface area contributed by atoms with Gasteiger partial charge in [-0.2, -0.15) is 5.26 Å². The highest BCUT2D eigenvalue weighted by Crippen LogP contribution is 2.43. The number of hydrogen-bond acceptors (Lipinski definition) is 2. The minimum Gasteiger partial charge on any atom is -0.315 e. The van der Waals surface area contributed by atoms with E-state index in [-0.39, 0.29) is 11.2 Å². The first-order chi connectivity index (χ1) is 8.16. The Bertz CT molecular complexity index is 413. The van der Waals surface area contributed by atoms with Crippen LogP contribution in [0.25, 0.3) is 0 Å². The predicted octanol–water partition coefficient (Wildman–Crippen LogP) is 2.78. The second-order valence-electron chi connectivity index (χ2n) is 4.98. The first kappa shape index (κ1) is 12.1. The van der Waals surface area contributed by atoms with Crippen LogP contribution < -0.4 is 5.73 Å². The van der Waals surface area contributed by atoms with Crippen LogP contribution in [0.2, 0.25) is 0 Å². The number of rotatable bonds is 3. The summed E-state index contributed by atoms with van der Waals surface area (Å²) < 4.78 is 12.8. The molecule has 1 aliphatic rings. The largest absolute Gasteiger partial charge is 0.315 e. The van der Waals surface area contributed by atoms with Gasteiger partial charge >= 0.3 is 0 Å². The Hall–Kier alpha value is -1.40. The molecule has 90 valence electrons. The molecule has 0 aliphatic heterocycles. The highest BCUT2D eigenvalue weighted by Gasteiger charge is 2.39. The summed E-state index contributed by atoms with van der Waals surface area (Å²) in [5.41, 5.74) is 6.92. The SMILES string of the molecule is N#CC(N)C1(Cc2ccc(F)cc2)CCCC1. The standard InChI is InChI=1S/C14H17FN2/c15-12-5-3-11(4-6-12)9-14(13(17)10-16)7-1-2-8-14/h3-6,13H,1-2,7-9,17H2. The average molecular weight is 232 g/mol. The zero-order chi connectivity index (χ0) is 12.3. The van der Waals surface area contributed by atoms with Crippen molar-refractivity contribution in [3.05, 3.63) is 35.6 Å². The van der Waals surface area contributed by atoms with E-state index in [0.29, 0.717) is 0 Å². The van der Waals surface area contributed by atoms with Crippen LogP contribution in [0.15, 0.2) is 24.3 Å². The van der Waals surface area contributed by atoms with Crippen LogP contribution in [0, 0.1) is 22.6 Å². The van der Waals surface area contributed by atoms with Crippen LogP contribution >= 0.6 is 0 Å². The second-order valence-corrected chi connectivity index (χ2v) is 4.98. The minimum atomic E-state index is -0.421. The Labute approximate surface area is 101 Å². The lowest BCUT2D eigenvalue weighted by Gasteiger charge is -2.31. The molecule has 1 unspecified atom stereocenters. The fraction of sp³-hybridized carbons (Fsp3) is 0.500. The van der Waals surface area contributed by atoms with Gasteiger partial charge < -0.3 is 5.73 Å². The van der Waals surface area contributed by atoms with Crippen molar-refractivity contribution in [1.82, 2.24) is 0 Å². The summed E-state index contributed by atoms with van der Waals surface area (Å²) in [6.07, 6.45) is 5.05. The lowest BCUT2D eigenvalue weighted by Crippen LogP contribution is -2.40. The molecule has 2 N–H and O–H groups in total. The molecule has 0 spiro atoms. The Kier molecular flexibility index (Phi) is 3.44. The molecule has 3 heteroatoms. The molecule has 17 heavy (non-hydrogen) atoms. The molecule has 1 aliphatic carbocycles. The summed E-state index contributed by atoms with van der Waals surface area (Å²) in [6.45, 7) is 0. The molecule has 0 heterocycles. The third-order valence-corrected chi connectivity index (χ3v) is 3.87.